The molecule has 4 nitrogen and oxygen atoms in total. The Balaban J connectivity index is 2.21. The van der Waals surface area contributed by atoms with Crippen molar-refractivity contribution in [1.29, 1.82) is 5.26 Å². The summed E-state index contributed by atoms with van der Waals surface area (Å²) < 4.78 is 0. The minimum absolute atomic E-state index is 0.0134. The second-order valence-electron chi connectivity index (χ2n) is 3.78. The van der Waals surface area contributed by atoms with Gasteiger partial charge in [-0.25, -0.2) is 0 Å². The van der Waals surface area contributed by atoms with E-state index in [-0.39, 0.29) is 11.9 Å². The molecule has 1 aliphatic heterocycles. The van der Waals surface area contributed by atoms with Crippen molar-refractivity contribution in [3.05, 3.63) is 21.9 Å². The number of nitrogens with zero attached hydrogens (tertiary/aromatic N) is 2. The van der Waals surface area contributed by atoms with Gasteiger partial charge in [0.05, 0.1) is 10.9 Å². The predicted molar refractivity (Wildman–Crippen MR) is 62.4 cm³/mol. The van der Waals surface area contributed by atoms with Crippen molar-refractivity contribution in [1.82, 2.24) is 10.2 Å². The van der Waals surface area contributed by atoms with Crippen LogP contribution in [0, 0.1) is 18.3 Å². The van der Waals surface area contributed by atoms with Crippen molar-refractivity contribution in [3.8, 4) is 6.07 Å². The van der Waals surface area contributed by atoms with Gasteiger partial charge in [-0.1, -0.05) is 0 Å². The summed E-state index contributed by atoms with van der Waals surface area (Å²) in [6.07, 6.45) is 0. The first kappa shape index (κ1) is 11.1. The van der Waals surface area contributed by atoms with Gasteiger partial charge < -0.3 is 10.2 Å². The van der Waals surface area contributed by atoms with Crippen LogP contribution in [0.15, 0.2) is 11.4 Å². The third-order valence-corrected chi connectivity index (χ3v) is 3.71. The normalized spacial score (nSPS) is 20.5. The maximum Gasteiger partial charge on any atom is 0.265 e. The summed E-state index contributed by atoms with van der Waals surface area (Å²) in [5, 5.41) is 14.0. The van der Waals surface area contributed by atoms with E-state index in [0.717, 1.165) is 17.0 Å². The highest BCUT2D eigenvalue weighted by atomic mass is 32.1. The van der Waals surface area contributed by atoms with Crippen LogP contribution in [0.1, 0.15) is 15.2 Å². The minimum atomic E-state index is -0.345. The molecular formula is C11H13N3OS. The zero-order chi connectivity index (χ0) is 11.5. The first-order valence-electron chi connectivity index (χ1n) is 5.19. The fourth-order valence-electron chi connectivity index (χ4n) is 1.79. The van der Waals surface area contributed by atoms with Gasteiger partial charge in [-0.05, 0) is 23.9 Å². The Morgan fingerprint density at radius 3 is 3.19 bits per heavy atom. The van der Waals surface area contributed by atoms with E-state index in [9.17, 15) is 4.79 Å². The number of hydrogen-bond donors (Lipinski definition) is 1. The molecule has 0 saturated carbocycles. The summed E-state index contributed by atoms with van der Waals surface area (Å²) >= 11 is 1.44. The summed E-state index contributed by atoms with van der Waals surface area (Å²) in [4.78, 5) is 14.6. The second-order valence-corrected chi connectivity index (χ2v) is 4.70. The maximum absolute atomic E-state index is 12.2. The molecule has 0 spiro atoms. The van der Waals surface area contributed by atoms with E-state index in [0.29, 0.717) is 13.1 Å². The molecule has 0 radical (unpaired) electrons. The van der Waals surface area contributed by atoms with Gasteiger partial charge >= 0.3 is 0 Å². The summed E-state index contributed by atoms with van der Waals surface area (Å²) in [6, 6.07) is 3.75. The van der Waals surface area contributed by atoms with Crippen molar-refractivity contribution in [2.75, 3.05) is 19.6 Å². The molecule has 1 aromatic rings. The van der Waals surface area contributed by atoms with E-state index < -0.39 is 0 Å². The maximum atomic E-state index is 12.2. The molecule has 2 heterocycles. The monoisotopic (exact) mass is 235 g/mol. The van der Waals surface area contributed by atoms with Crippen molar-refractivity contribution >= 4 is 17.2 Å². The smallest absolute Gasteiger partial charge is 0.265 e. The number of nitriles is 1. The van der Waals surface area contributed by atoms with Crippen LogP contribution in [0.5, 0.6) is 0 Å². The SMILES string of the molecule is Cc1ccsc1C(=O)N1CCNCC1C#N. The first-order valence-corrected chi connectivity index (χ1v) is 6.07. The summed E-state index contributed by atoms with van der Waals surface area (Å²) in [5.41, 5.74) is 0.991. The van der Waals surface area contributed by atoms with Gasteiger partial charge in [0.25, 0.3) is 5.91 Å². The number of amides is 1. The molecule has 1 N–H and O–H groups in total. The zero-order valence-electron chi connectivity index (χ0n) is 9.06. The van der Waals surface area contributed by atoms with Crippen molar-refractivity contribution in [2.24, 2.45) is 0 Å². The van der Waals surface area contributed by atoms with E-state index in [1.807, 2.05) is 18.4 Å². The van der Waals surface area contributed by atoms with Crippen molar-refractivity contribution in [2.45, 2.75) is 13.0 Å². The van der Waals surface area contributed by atoms with E-state index in [4.69, 9.17) is 5.26 Å². The lowest BCUT2D eigenvalue weighted by molar-refractivity contribution is 0.0691. The number of thiophene rings is 1. The highest BCUT2D eigenvalue weighted by Crippen LogP contribution is 2.19. The summed E-state index contributed by atoms with van der Waals surface area (Å²) in [7, 11) is 0. The Kier molecular flexibility index (Phi) is 3.22. The standard InChI is InChI=1S/C11H13N3OS/c1-8-2-5-16-10(8)11(15)14-4-3-13-7-9(14)6-12/h2,5,9,13H,3-4,7H2,1H3. The molecular weight excluding hydrogens is 222 g/mol. The third-order valence-electron chi connectivity index (χ3n) is 2.71. The number of piperazine rings is 1. The summed E-state index contributed by atoms with van der Waals surface area (Å²) in [5.74, 6) is -0.0134. The molecule has 1 fully saturated rings. The number of hydrogen-bond acceptors (Lipinski definition) is 4. The van der Waals surface area contributed by atoms with Gasteiger partial charge in [0.15, 0.2) is 0 Å². The Hall–Kier alpha value is -1.38. The van der Waals surface area contributed by atoms with E-state index in [1.54, 1.807) is 4.90 Å². The molecule has 0 aliphatic carbocycles. The number of carbonyl (C=O) groups is 1. The van der Waals surface area contributed by atoms with Gasteiger partial charge in [0.2, 0.25) is 0 Å². The summed E-state index contributed by atoms with van der Waals surface area (Å²) in [6.45, 7) is 3.85. The fraction of sp³-hybridized carbons (Fsp3) is 0.455. The van der Waals surface area contributed by atoms with Crippen molar-refractivity contribution in [3.63, 3.8) is 0 Å². The minimum Gasteiger partial charge on any atom is -0.319 e. The highest BCUT2D eigenvalue weighted by Gasteiger charge is 2.28. The molecule has 5 heteroatoms. The number of rotatable bonds is 1. The topological polar surface area (TPSA) is 56.1 Å². The van der Waals surface area contributed by atoms with Gasteiger partial charge in [-0.15, -0.1) is 11.3 Å². The van der Waals surface area contributed by atoms with Gasteiger partial charge in [-0.3, -0.25) is 4.79 Å². The molecule has 2 rings (SSSR count). The number of nitrogens with one attached hydrogen (secondary N) is 1. The lowest BCUT2D eigenvalue weighted by Crippen LogP contribution is -2.52. The van der Waals surface area contributed by atoms with Crippen molar-refractivity contribution < 1.29 is 4.79 Å². The molecule has 1 aromatic heterocycles. The van der Waals surface area contributed by atoms with E-state index >= 15 is 0 Å². The predicted octanol–water partition coefficient (Wildman–Crippen LogP) is 0.994. The molecule has 16 heavy (non-hydrogen) atoms. The molecule has 0 aromatic carbocycles. The zero-order valence-corrected chi connectivity index (χ0v) is 9.88. The van der Waals surface area contributed by atoms with Crippen LogP contribution in [0.2, 0.25) is 0 Å². The Bertz CT molecular complexity index is 435. The lowest BCUT2D eigenvalue weighted by atomic mass is 10.2. The molecule has 84 valence electrons. The average Bonchev–Trinajstić information content (AvgIpc) is 2.74. The quantitative estimate of drug-likeness (QED) is 0.790. The Labute approximate surface area is 98.5 Å². The average molecular weight is 235 g/mol. The van der Waals surface area contributed by atoms with E-state index in [2.05, 4.69) is 11.4 Å². The molecule has 0 bridgehead atoms. The van der Waals surface area contributed by atoms with Crippen LogP contribution >= 0.6 is 11.3 Å². The Morgan fingerprint density at radius 1 is 1.75 bits per heavy atom. The molecule has 1 saturated heterocycles. The van der Waals surface area contributed by atoms with Crippen LogP contribution < -0.4 is 5.32 Å². The third kappa shape index (κ3) is 1.94. The van der Waals surface area contributed by atoms with Crippen LogP contribution in [-0.2, 0) is 0 Å². The van der Waals surface area contributed by atoms with Crippen LogP contribution in [0.25, 0.3) is 0 Å². The molecule has 1 atom stereocenters. The van der Waals surface area contributed by atoms with Crippen LogP contribution in [0.4, 0.5) is 0 Å². The highest BCUT2D eigenvalue weighted by molar-refractivity contribution is 7.12. The Morgan fingerprint density at radius 2 is 2.56 bits per heavy atom. The molecule has 1 amide bonds. The van der Waals surface area contributed by atoms with Crippen LogP contribution in [-0.4, -0.2) is 36.5 Å². The van der Waals surface area contributed by atoms with E-state index in [1.165, 1.54) is 11.3 Å². The lowest BCUT2D eigenvalue weighted by Gasteiger charge is -2.31. The second kappa shape index (κ2) is 4.64. The molecule has 1 aliphatic rings. The fourth-order valence-corrected chi connectivity index (χ4v) is 2.67. The van der Waals surface area contributed by atoms with Gasteiger partial charge in [0, 0.05) is 19.6 Å². The number of carbonyl (C=O) groups excluding carboxylic acids is 1. The largest absolute Gasteiger partial charge is 0.319 e. The van der Waals surface area contributed by atoms with Gasteiger partial charge in [-0.2, -0.15) is 5.26 Å². The van der Waals surface area contributed by atoms with Gasteiger partial charge in [0.1, 0.15) is 6.04 Å². The molecule has 1 unspecified atom stereocenters. The number of aryl methyl sites for hydroxylation is 1. The first-order chi connectivity index (χ1) is 7.74. The van der Waals surface area contributed by atoms with Crippen LogP contribution in [0.3, 0.4) is 0 Å².